The first-order valence-electron chi connectivity index (χ1n) is 8.14. The Morgan fingerprint density at radius 3 is 2.84 bits per heavy atom. The lowest BCUT2D eigenvalue weighted by atomic mass is 10.0. The molecule has 3 aromatic rings. The van der Waals surface area contributed by atoms with Gasteiger partial charge in [0.25, 0.3) is 0 Å². The van der Waals surface area contributed by atoms with Crippen LogP contribution >= 0.6 is 0 Å². The van der Waals surface area contributed by atoms with Gasteiger partial charge in [-0.3, -0.25) is 10.00 Å². The number of furan rings is 1. The van der Waals surface area contributed by atoms with Crippen LogP contribution in [0.25, 0.3) is 17.3 Å². The lowest BCUT2D eigenvalue weighted by Gasteiger charge is -2.25. The molecule has 25 heavy (non-hydrogen) atoms. The van der Waals surface area contributed by atoms with Crippen LogP contribution in [-0.4, -0.2) is 28.2 Å². The third-order valence-electron chi connectivity index (χ3n) is 4.34. The van der Waals surface area contributed by atoms with Gasteiger partial charge in [0.05, 0.1) is 12.0 Å². The average Bonchev–Trinajstić information content (AvgIpc) is 3.23. The second-order valence-electron chi connectivity index (χ2n) is 6.09. The van der Waals surface area contributed by atoms with E-state index in [1.807, 2.05) is 24.3 Å². The first kappa shape index (κ1) is 15.8. The van der Waals surface area contributed by atoms with E-state index in [2.05, 4.69) is 15.1 Å². The zero-order valence-corrected chi connectivity index (χ0v) is 13.5. The summed E-state index contributed by atoms with van der Waals surface area (Å²) in [6.45, 7) is 2.35. The molecule has 128 valence electrons. The van der Waals surface area contributed by atoms with Gasteiger partial charge in [0.15, 0.2) is 0 Å². The molecular formula is C19H17F2N3O. The number of H-pyrrole nitrogens is 1. The van der Waals surface area contributed by atoms with Crippen molar-refractivity contribution in [3.63, 3.8) is 0 Å². The van der Waals surface area contributed by atoms with Crippen LogP contribution in [0.4, 0.5) is 8.78 Å². The molecule has 1 aliphatic rings. The third kappa shape index (κ3) is 3.39. The smallest absolute Gasteiger partial charge is 0.126 e. The quantitative estimate of drug-likeness (QED) is 0.779. The fourth-order valence-electron chi connectivity index (χ4n) is 3.14. The Labute approximate surface area is 143 Å². The zero-order valence-electron chi connectivity index (χ0n) is 13.5. The summed E-state index contributed by atoms with van der Waals surface area (Å²) in [7, 11) is 0. The van der Waals surface area contributed by atoms with E-state index in [0.29, 0.717) is 17.8 Å². The Balaban J connectivity index is 1.53. The van der Waals surface area contributed by atoms with Gasteiger partial charge in [-0.05, 0) is 30.3 Å². The molecule has 0 fully saturated rings. The highest BCUT2D eigenvalue weighted by Crippen LogP contribution is 2.29. The van der Waals surface area contributed by atoms with E-state index in [-0.39, 0.29) is 0 Å². The largest absolute Gasteiger partial charge is 0.465 e. The number of hydrogen-bond acceptors (Lipinski definition) is 3. The van der Waals surface area contributed by atoms with Crippen LogP contribution < -0.4 is 0 Å². The number of fused-ring (bicyclic) bond motifs is 1. The monoisotopic (exact) mass is 341 g/mol. The van der Waals surface area contributed by atoms with E-state index in [9.17, 15) is 8.78 Å². The molecule has 2 aromatic heterocycles. The summed E-state index contributed by atoms with van der Waals surface area (Å²) < 4.78 is 32.3. The molecule has 1 aromatic carbocycles. The zero-order chi connectivity index (χ0) is 17.2. The lowest BCUT2D eigenvalue weighted by Crippen LogP contribution is -2.30. The SMILES string of the molecule is Fc1cc(F)cc(-c2n[nH]c3c2CN(C/C=C/c2ccco2)CC3)c1. The van der Waals surface area contributed by atoms with Crippen LogP contribution in [0.3, 0.4) is 0 Å². The number of halogens is 2. The predicted molar refractivity (Wildman–Crippen MR) is 90.7 cm³/mol. The maximum atomic E-state index is 13.5. The maximum Gasteiger partial charge on any atom is 0.126 e. The van der Waals surface area contributed by atoms with Crippen LogP contribution in [0.15, 0.2) is 47.1 Å². The minimum Gasteiger partial charge on any atom is -0.465 e. The van der Waals surface area contributed by atoms with Gasteiger partial charge in [-0.2, -0.15) is 5.10 Å². The number of nitrogens with one attached hydrogen (secondary N) is 1. The van der Waals surface area contributed by atoms with Crippen LogP contribution in [0.5, 0.6) is 0 Å². The molecule has 0 saturated heterocycles. The molecule has 0 spiro atoms. The predicted octanol–water partition coefficient (Wildman–Crippen LogP) is 4.02. The normalized spacial score (nSPS) is 15.0. The van der Waals surface area contributed by atoms with Gasteiger partial charge in [-0.25, -0.2) is 8.78 Å². The molecule has 0 saturated carbocycles. The second kappa shape index (κ2) is 6.64. The van der Waals surface area contributed by atoms with Gasteiger partial charge in [0, 0.05) is 48.9 Å². The molecule has 4 rings (SSSR count). The molecule has 6 heteroatoms. The molecular weight excluding hydrogens is 324 g/mol. The minimum absolute atomic E-state index is 0.461. The maximum absolute atomic E-state index is 13.5. The molecule has 1 aliphatic heterocycles. The fourth-order valence-corrected chi connectivity index (χ4v) is 3.14. The van der Waals surface area contributed by atoms with Gasteiger partial charge in [-0.1, -0.05) is 6.08 Å². The Kier molecular flexibility index (Phi) is 4.19. The van der Waals surface area contributed by atoms with Crippen LogP contribution in [0.2, 0.25) is 0 Å². The van der Waals surface area contributed by atoms with Gasteiger partial charge < -0.3 is 4.42 Å². The summed E-state index contributed by atoms with van der Waals surface area (Å²) in [4.78, 5) is 2.26. The van der Waals surface area contributed by atoms with Crippen molar-refractivity contribution in [2.24, 2.45) is 0 Å². The topological polar surface area (TPSA) is 45.1 Å². The Morgan fingerprint density at radius 2 is 2.08 bits per heavy atom. The molecule has 0 bridgehead atoms. The highest BCUT2D eigenvalue weighted by atomic mass is 19.1. The van der Waals surface area contributed by atoms with Gasteiger partial charge in [-0.15, -0.1) is 0 Å². The van der Waals surface area contributed by atoms with Crippen molar-refractivity contribution < 1.29 is 13.2 Å². The minimum atomic E-state index is -0.596. The van der Waals surface area contributed by atoms with Gasteiger partial charge in [0.2, 0.25) is 0 Å². The van der Waals surface area contributed by atoms with E-state index in [4.69, 9.17) is 4.42 Å². The van der Waals surface area contributed by atoms with Crippen molar-refractivity contribution >= 4 is 6.08 Å². The second-order valence-corrected chi connectivity index (χ2v) is 6.09. The van der Waals surface area contributed by atoms with Gasteiger partial charge in [0.1, 0.15) is 17.4 Å². The van der Waals surface area contributed by atoms with Crippen molar-refractivity contribution in [3.05, 3.63) is 71.3 Å². The Hall–Kier alpha value is -2.73. The summed E-state index contributed by atoms with van der Waals surface area (Å²) in [6, 6.07) is 7.25. The Morgan fingerprint density at radius 1 is 1.24 bits per heavy atom. The molecule has 0 aliphatic carbocycles. The highest BCUT2D eigenvalue weighted by molar-refractivity contribution is 5.64. The lowest BCUT2D eigenvalue weighted by molar-refractivity contribution is 0.281. The molecule has 3 heterocycles. The van der Waals surface area contributed by atoms with Crippen LogP contribution in [-0.2, 0) is 13.0 Å². The van der Waals surface area contributed by atoms with E-state index >= 15 is 0 Å². The molecule has 0 unspecified atom stereocenters. The molecule has 0 radical (unpaired) electrons. The third-order valence-corrected chi connectivity index (χ3v) is 4.34. The Bertz CT molecular complexity index is 879. The first-order chi connectivity index (χ1) is 12.2. The van der Waals surface area contributed by atoms with Crippen LogP contribution in [0, 0.1) is 11.6 Å². The van der Waals surface area contributed by atoms with Crippen LogP contribution in [0.1, 0.15) is 17.0 Å². The molecule has 1 N–H and O–H groups in total. The number of hydrogen-bond donors (Lipinski definition) is 1. The van der Waals surface area contributed by atoms with E-state index in [1.165, 1.54) is 12.1 Å². The van der Waals surface area contributed by atoms with Crippen molar-refractivity contribution in [2.75, 3.05) is 13.1 Å². The van der Waals surface area contributed by atoms with E-state index < -0.39 is 11.6 Å². The van der Waals surface area contributed by atoms with Crippen molar-refractivity contribution in [1.29, 1.82) is 0 Å². The number of nitrogens with zero attached hydrogens (tertiary/aromatic N) is 2. The molecule has 0 atom stereocenters. The number of aromatic amines is 1. The summed E-state index contributed by atoms with van der Waals surface area (Å²) >= 11 is 0. The summed E-state index contributed by atoms with van der Waals surface area (Å²) in [5.74, 6) is -0.376. The first-order valence-corrected chi connectivity index (χ1v) is 8.14. The molecule has 4 nitrogen and oxygen atoms in total. The summed E-state index contributed by atoms with van der Waals surface area (Å²) in [5.41, 5.74) is 3.12. The highest BCUT2D eigenvalue weighted by Gasteiger charge is 2.22. The van der Waals surface area contributed by atoms with Crippen molar-refractivity contribution in [1.82, 2.24) is 15.1 Å². The van der Waals surface area contributed by atoms with Crippen molar-refractivity contribution in [3.8, 4) is 11.3 Å². The van der Waals surface area contributed by atoms with E-state index in [0.717, 1.165) is 42.6 Å². The number of benzene rings is 1. The average molecular weight is 341 g/mol. The summed E-state index contributed by atoms with van der Waals surface area (Å²) in [5, 5.41) is 7.30. The fraction of sp³-hybridized carbons (Fsp3) is 0.211. The van der Waals surface area contributed by atoms with Crippen molar-refractivity contribution in [2.45, 2.75) is 13.0 Å². The number of rotatable bonds is 4. The van der Waals surface area contributed by atoms with Gasteiger partial charge >= 0.3 is 0 Å². The molecule has 0 amide bonds. The van der Waals surface area contributed by atoms with E-state index in [1.54, 1.807) is 6.26 Å². The standard InChI is InChI=1S/C19H17F2N3O/c20-14-9-13(10-15(21)11-14)19-17-12-24(7-5-18(17)22-23-19)6-1-3-16-4-2-8-25-16/h1-4,8-11H,5-7,12H2,(H,22,23)/b3-1+. The summed E-state index contributed by atoms with van der Waals surface area (Å²) in [6.07, 6.45) is 6.45. The number of aromatic nitrogens is 2.